The van der Waals surface area contributed by atoms with E-state index in [0.29, 0.717) is 23.8 Å². The zero-order valence-electron chi connectivity index (χ0n) is 16.9. The van der Waals surface area contributed by atoms with Crippen molar-refractivity contribution in [2.75, 3.05) is 19.0 Å². The topological polar surface area (TPSA) is 69.2 Å². The number of alkyl halides is 3. The van der Waals surface area contributed by atoms with E-state index >= 15 is 0 Å². The SMILES string of the molecule is COc1cnc(C(F)(F)F)c(F)c1Oc1ccc(CCNc2ncnc3scc(Cl)c23)cc1. The molecule has 0 aliphatic carbocycles. The minimum Gasteiger partial charge on any atom is -0.491 e. The van der Waals surface area contributed by atoms with Crippen LogP contribution in [0.15, 0.2) is 42.2 Å². The highest BCUT2D eigenvalue weighted by molar-refractivity contribution is 7.17. The molecule has 0 saturated heterocycles. The molecule has 1 aromatic carbocycles. The monoisotopic (exact) mass is 498 g/mol. The van der Waals surface area contributed by atoms with E-state index in [1.54, 1.807) is 17.5 Å². The van der Waals surface area contributed by atoms with Gasteiger partial charge in [0.25, 0.3) is 0 Å². The molecule has 4 rings (SSSR count). The molecule has 0 saturated carbocycles. The number of thiophene rings is 1. The Balaban J connectivity index is 1.44. The summed E-state index contributed by atoms with van der Waals surface area (Å²) in [5, 5.41) is 6.35. The smallest absolute Gasteiger partial charge is 0.436 e. The summed E-state index contributed by atoms with van der Waals surface area (Å²) >= 11 is 7.63. The number of benzene rings is 1. The van der Waals surface area contributed by atoms with Crippen molar-refractivity contribution in [2.24, 2.45) is 0 Å². The zero-order valence-corrected chi connectivity index (χ0v) is 18.5. The number of methoxy groups -OCH3 is 1. The number of pyridine rings is 1. The number of fused-ring (bicyclic) bond motifs is 1. The summed E-state index contributed by atoms with van der Waals surface area (Å²) < 4.78 is 63.6. The second-order valence-electron chi connectivity index (χ2n) is 6.72. The third-order valence-corrected chi connectivity index (χ3v) is 5.92. The molecule has 33 heavy (non-hydrogen) atoms. The van der Waals surface area contributed by atoms with Gasteiger partial charge in [-0.1, -0.05) is 23.7 Å². The van der Waals surface area contributed by atoms with Gasteiger partial charge in [0, 0.05) is 11.9 Å². The van der Waals surface area contributed by atoms with E-state index in [4.69, 9.17) is 21.1 Å². The highest BCUT2D eigenvalue weighted by atomic mass is 35.5. The van der Waals surface area contributed by atoms with E-state index < -0.39 is 23.4 Å². The molecule has 0 atom stereocenters. The van der Waals surface area contributed by atoms with Gasteiger partial charge in [0.05, 0.1) is 23.7 Å². The molecule has 12 heteroatoms. The maximum absolute atomic E-state index is 14.4. The lowest BCUT2D eigenvalue weighted by atomic mass is 10.1. The van der Waals surface area contributed by atoms with Crippen LogP contribution in [0.2, 0.25) is 5.02 Å². The standard InChI is InChI=1S/C21H15ClF4N4O2S/c1-31-14-8-28-18(21(24,25)26)16(23)17(14)32-12-4-2-11(3-5-12)6-7-27-19-15-13(22)9-33-20(15)30-10-29-19/h2-5,8-10H,6-7H2,1H3,(H,27,29,30). The van der Waals surface area contributed by atoms with Gasteiger partial charge in [-0.25, -0.2) is 19.3 Å². The van der Waals surface area contributed by atoms with Crippen molar-refractivity contribution in [1.29, 1.82) is 0 Å². The molecular formula is C21H15ClF4N4O2S. The Morgan fingerprint density at radius 3 is 2.58 bits per heavy atom. The Kier molecular flexibility index (Phi) is 6.52. The van der Waals surface area contributed by atoms with Crippen LogP contribution in [0.5, 0.6) is 17.2 Å². The first-order valence-electron chi connectivity index (χ1n) is 9.46. The fraction of sp³-hybridized carbons (Fsp3) is 0.190. The molecule has 6 nitrogen and oxygen atoms in total. The van der Waals surface area contributed by atoms with Crippen molar-refractivity contribution < 1.29 is 27.0 Å². The molecule has 0 radical (unpaired) electrons. The van der Waals surface area contributed by atoms with Gasteiger partial charge in [-0.2, -0.15) is 13.2 Å². The number of nitrogens with one attached hydrogen (secondary N) is 1. The maximum Gasteiger partial charge on any atom is 0.436 e. The Bertz CT molecular complexity index is 1280. The van der Waals surface area contributed by atoms with Crippen LogP contribution in [-0.4, -0.2) is 28.6 Å². The van der Waals surface area contributed by atoms with E-state index in [0.717, 1.165) is 22.0 Å². The summed E-state index contributed by atoms with van der Waals surface area (Å²) in [5.74, 6) is -1.80. The van der Waals surface area contributed by atoms with Crippen LogP contribution in [0, 0.1) is 5.82 Å². The van der Waals surface area contributed by atoms with E-state index in [-0.39, 0.29) is 11.5 Å². The first-order valence-corrected chi connectivity index (χ1v) is 10.7. The van der Waals surface area contributed by atoms with Crippen molar-refractivity contribution in [3.8, 4) is 17.2 Å². The van der Waals surface area contributed by atoms with E-state index in [1.165, 1.54) is 36.9 Å². The number of hydrogen-bond acceptors (Lipinski definition) is 7. The zero-order chi connectivity index (χ0) is 23.6. The largest absolute Gasteiger partial charge is 0.491 e. The normalized spacial score (nSPS) is 11.6. The Hall–Kier alpha value is -3.18. The number of halogens is 5. The van der Waals surface area contributed by atoms with Crippen LogP contribution in [0.1, 0.15) is 11.3 Å². The number of ether oxygens (including phenoxy) is 2. The van der Waals surface area contributed by atoms with Crippen molar-refractivity contribution in [3.63, 3.8) is 0 Å². The molecule has 3 aromatic heterocycles. The minimum atomic E-state index is -4.96. The number of hydrogen-bond donors (Lipinski definition) is 1. The van der Waals surface area contributed by atoms with Gasteiger partial charge in [-0.05, 0) is 24.1 Å². The van der Waals surface area contributed by atoms with Crippen LogP contribution < -0.4 is 14.8 Å². The summed E-state index contributed by atoms with van der Waals surface area (Å²) in [4.78, 5) is 12.3. The highest BCUT2D eigenvalue weighted by Crippen LogP contribution is 2.40. The van der Waals surface area contributed by atoms with Crippen molar-refractivity contribution >= 4 is 39.0 Å². The maximum atomic E-state index is 14.4. The van der Waals surface area contributed by atoms with Crippen molar-refractivity contribution in [3.05, 3.63) is 64.3 Å². The minimum absolute atomic E-state index is 0.144. The number of rotatable bonds is 7. The van der Waals surface area contributed by atoms with Crippen LogP contribution >= 0.6 is 22.9 Å². The fourth-order valence-electron chi connectivity index (χ4n) is 3.03. The molecule has 1 N–H and O–H groups in total. The molecule has 172 valence electrons. The summed E-state index contributed by atoms with van der Waals surface area (Å²) in [6.07, 6.45) is -2.13. The van der Waals surface area contributed by atoms with Crippen LogP contribution in [0.3, 0.4) is 0 Å². The molecular weight excluding hydrogens is 484 g/mol. The van der Waals surface area contributed by atoms with Gasteiger partial charge in [-0.15, -0.1) is 11.3 Å². The second-order valence-corrected chi connectivity index (χ2v) is 7.99. The molecule has 4 aromatic rings. The molecule has 0 aliphatic rings. The number of anilines is 1. The lowest BCUT2D eigenvalue weighted by molar-refractivity contribution is -0.143. The first kappa shape index (κ1) is 23.0. The van der Waals surface area contributed by atoms with Crippen LogP contribution in [-0.2, 0) is 12.6 Å². The van der Waals surface area contributed by atoms with Gasteiger partial charge in [-0.3, -0.25) is 0 Å². The first-order chi connectivity index (χ1) is 15.8. The second kappa shape index (κ2) is 9.36. The third-order valence-electron chi connectivity index (χ3n) is 4.61. The van der Waals surface area contributed by atoms with Gasteiger partial charge in [0.15, 0.2) is 17.3 Å². The van der Waals surface area contributed by atoms with Gasteiger partial charge >= 0.3 is 6.18 Å². The van der Waals surface area contributed by atoms with E-state index in [1.807, 2.05) is 0 Å². The predicted octanol–water partition coefficient (Wildman–Crippen LogP) is 6.35. The van der Waals surface area contributed by atoms with E-state index in [9.17, 15) is 17.6 Å². The van der Waals surface area contributed by atoms with Gasteiger partial charge in [0.1, 0.15) is 22.7 Å². The Labute approximate surface area is 194 Å². The fourth-order valence-corrected chi connectivity index (χ4v) is 4.17. The molecule has 0 spiro atoms. The van der Waals surface area contributed by atoms with Crippen molar-refractivity contribution in [2.45, 2.75) is 12.6 Å². The van der Waals surface area contributed by atoms with Crippen LogP contribution in [0.4, 0.5) is 23.4 Å². The predicted molar refractivity (Wildman–Crippen MR) is 117 cm³/mol. The van der Waals surface area contributed by atoms with Crippen molar-refractivity contribution in [1.82, 2.24) is 15.0 Å². The lowest BCUT2D eigenvalue weighted by Gasteiger charge is -2.14. The van der Waals surface area contributed by atoms with Gasteiger partial charge in [0.2, 0.25) is 5.75 Å². The highest BCUT2D eigenvalue weighted by Gasteiger charge is 2.38. The van der Waals surface area contributed by atoms with E-state index in [2.05, 4.69) is 20.3 Å². The lowest BCUT2D eigenvalue weighted by Crippen LogP contribution is -2.12. The molecule has 0 fully saturated rings. The molecule has 0 aliphatic heterocycles. The average Bonchev–Trinajstić information content (AvgIpc) is 3.17. The van der Waals surface area contributed by atoms with Gasteiger partial charge < -0.3 is 14.8 Å². The summed E-state index contributed by atoms with van der Waals surface area (Å²) in [7, 11) is 1.18. The summed E-state index contributed by atoms with van der Waals surface area (Å²) in [5.41, 5.74) is -0.764. The molecule has 0 bridgehead atoms. The number of nitrogens with zero attached hydrogens (tertiary/aromatic N) is 3. The molecule has 3 heterocycles. The number of aromatic nitrogens is 3. The molecule has 0 unspecified atom stereocenters. The summed E-state index contributed by atoms with van der Waals surface area (Å²) in [6.45, 7) is 0.542. The third kappa shape index (κ3) is 4.93. The molecule has 0 amide bonds. The Morgan fingerprint density at radius 2 is 1.88 bits per heavy atom. The quantitative estimate of drug-likeness (QED) is 0.299. The average molecular weight is 499 g/mol. The van der Waals surface area contributed by atoms with Crippen LogP contribution in [0.25, 0.3) is 10.2 Å². The summed E-state index contributed by atoms with van der Waals surface area (Å²) in [6, 6.07) is 6.50. The Morgan fingerprint density at radius 1 is 1.12 bits per heavy atom.